The minimum Gasteiger partial charge on any atom is -0.455 e. The Morgan fingerprint density at radius 3 is 1.57 bits per heavy atom. The summed E-state index contributed by atoms with van der Waals surface area (Å²) in [4.78, 5) is 10.8. The molecule has 0 aromatic carbocycles. The molecule has 0 saturated heterocycles. The lowest BCUT2D eigenvalue weighted by atomic mass is 9.96. The van der Waals surface area contributed by atoms with Gasteiger partial charge in [0.15, 0.2) is 0 Å². The quantitative estimate of drug-likeness (QED) is 0.490. The standard InChI is InChI=1S/C9H7F9O3/c1-3(7(10,11)12)5(19)21-4(2)6(20,8(13,14)15)9(16,17)18/h4,20H,1H2,2H3. The van der Waals surface area contributed by atoms with E-state index >= 15 is 0 Å². The topological polar surface area (TPSA) is 46.5 Å². The molecule has 0 fully saturated rings. The van der Waals surface area contributed by atoms with Crippen molar-refractivity contribution in [2.75, 3.05) is 0 Å². The molecule has 0 bridgehead atoms. The van der Waals surface area contributed by atoms with E-state index < -0.39 is 41.8 Å². The number of alkyl halides is 9. The molecule has 0 saturated carbocycles. The third-order valence-corrected chi connectivity index (χ3v) is 2.33. The minimum absolute atomic E-state index is 0.0530. The Bertz CT molecular complexity index is 404. The summed E-state index contributed by atoms with van der Waals surface area (Å²) >= 11 is 0. The molecule has 1 atom stereocenters. The molecule has 3 nitrogen and oxygen atoms in total. The maximum absolute atomic E-state index is 12.3. The molecule has 12 heteroatoms. The van der Waals surface area contributed by atoms with Gasteiger partial charge in [-0.05, 0) is 6.92 Å². The summed E-state index contributed by atoms with van der Waals surface area (Å²) in [6.07, 6.45) is -21.5. The molecule has 21 heavy (non-hydrogen) atoms. The molecule has 1 unspecified atom stereocenters. The first-order chi connectivity index (χ1) is 8.96. The van der Waals surface area contributed by atoms with Gasteiger partial charge < -0.3 is 9.84 Å². The van der Waals surface area contributed by atoms with Gasteiger partial charge in [0.1, 0.15) is 11.7 Å². The SMILES string of the molecule is C=C(C(=O)OC(C)C(O)(C(F)(F)F)C(F)(F)F)C(F)(F)F. The van der Waals surface area contributed by atoms with Gasteiger partial charge in [-0.1, -0.05) is 6.58 Å². The van der Waals surface area contributed by atoms with E-state index in [-0.39, 0.29) is 6.92 Å². The average molecular weight is 334 g/mol. The van der Waals surface area contributed by atoms with Crippen LogP contribution in [-0.4, -0.2) is 41.3 Å². The van der Waals surface area contributed by atoms with Crippen molar-refractivity contribution in [3.63, 3.8) is 0 Å². The number of ether oxygens (including phenoxy) is 1. The van der Waals surface area contributed by atoms with Crippen LogP contribution in [0.4, 0.5) is 39.5 Å². The van der Waals surface area contributed by atoms with E-state index in [1.165, 1.54) is 0 Å². The van der Waals surface area contributed by atoms with Crippen molar-refractivity contribution in [3.05, 3.63) is 12.2 Å². The van der Waals surface area contributed by atoms with E-state index in [1.54, 1.807) is 0 Å². The van der Waals surface area contributed by atoms with Crippen LogP contribution in [0.5, 0.6) is 0 Å². The molecule has 0 radical (unpaired) electrons. The lowest BCUT2D eigenvalue weighted by molar-refractivity contribution is -0.389. The van der Waals surface area contributed by atoms with Gasteiger partial charge in [-0.3, -0.25) is 0 Å². The fourth-order valence-corrected chi connectivity index (χ4v) is 1.05. The highest BCUT2D eigenvalue weighted by molar-refractivity contribution is 5.89. The lowest BCUT2D eigenvalue weighted by Crippen LogP contribution is -2.64. The second kappa shape index (κ2) is 5.39. The summed E-state index contributed by atoms with van der Waals surface area (Å²) in [5.41, 5.74) is -7.84. The summed E-state index contributed by atoms with van der Waals surface area (Å²) in [6.45, 7) is 2.09. The predicted octanol–water partition coefficient (Wildman–Crippen LogP) is 2.89. The molecule has 1 N–H and O–H groups in total. The van der Waals surface area contributed by atoms with Gasteiger partial charge in [-0.15, -0.1) is 0 Å². The average Bonchev–Trinajstić information content (AvgIpc) is 2.21. The number of hydrogen-bond donors (Lipinski definition) is 1. The van der Waals surface area contributed by atoms with Gasteiger partial charge in [0.2, 0.25) is 0 Å². The lowest BCUT2D eigenvalue weighted by Gasteiger charge is -2.36. The van der Waals surface area contributed by atoms with Crippen LogP contribution in [0, 0.1) is 0 Å². The van der Waals surface area contributed by atoms with Crippen LogP contribution in [0.1, 0.15) is 6.92 Å². The van der Waals surface area contributed by atoms with Crippen molar-refractivity contribution < 1.29 is 54.2 Å². The van der Waals surface area contributed by atoms with Crippen LogP contribution in [-0.2, 0) is 9.53 Å². The number of carbonyl (C=O) groups excluding carboxylic acids is 1. The van der Waals surface area contributed by atoms with Crippen molar-refractivity contribution in [1.82, 2.24) is 0 Å². The molecule has 0 heterocycles. The molecule has 0 aromatic rings. The molecule has 0 spiro atoms. The van der Waals surface area contributed by atoms with Crippen molar-refractivity contribution in [2.45, 2.75) is 37.2 Å². The van der Waals surface area contributed by atoms with Gasteiger partial charge in [-0.25, -0.2) is 4.79 Å². The van der Waals surface area contributed by atoms with E-state index in [1.807, 2.05) is 0 Å². The third-order valence-electron chi connectivity index (χ3n) is 2.33. The van der Waals surface area contributed by atoms with E-state index in [0.717, 1.165) is 0 Å². The molecule has 0 aliphatic carbocycles. The maximum Gasteiger partial charge on any atom is 0.430 e. The second-order valence-corrected chi connectivity index (χ2v) is 3.79. The largest absolute Gasteiger partial charge is 0.455 e. The zero-order chi connectivity index (χ0) is 17.4. The Balaban J connectivity index is 5.44. The van der Waals surface area contributed by atoms with Crippen LogP contribution >= 0.6 is 0 Å². The normalized spacial score (nSPS) is 15.6. The minimum atomic E-state index is -6.34. The van der Waals surface area contributed by atoms with Crippen LogP contribution < -0.4 is 0 Å². The fraction of sp³-hybridized carbons (Fsp3) is 0.667. The summed E-state index contributed by atoms with van der Waals surface area (Å²) in [7, 11) is 0. The second-order valence-electron chi connectivity index (χ2n) is 3.79. The van der Waals surface area contributed by atoms with Crippen LogP contribution in [0.25, 0.3) is 0 Å². The van der Waals surface area contributed by atoms with Gasteiger partial charge >= 0.3 is 24.5 Å². The predicted molar refractivity (Wildman–Crippen MR) is 47.8 cm³/mol. The van der Waals surface area contributed by atoms with Crippen molar-refractivity contribution in [2.24, 2.45) is 0 Å². The van der Waals surface area contributed by atoms with Gasteiger partial charge in [0, 0.05) is 0 Å². The Hall–Kier alpha value is -1.46. The summed E-state index contributed by atoms with van der Waals surface area (Å²) in [6, 6.07) is 0. The molecule has 124 valence electrons. The highest BCUT2D eigenvalue weighted by Crippen LogP contribution is 2.46. The van der Waals surface area contributed by atoms with E-state index in [9.17, 15) is 44.3 Å². The summed E-state index contributed by atoms with van der Waals surface area (Å²) < 4.78 is 113. The van der Waals surface area contributed by atoms with Gasteiger partial charge in [0.05, 0.1) is 0 Å². The van der Waals surface area contributed by atoms with Crippen LogP contribution in [0.15, 0.2) is 12.2 Å². The Labute approximate surface area is 111 Å². The zero-order valence-corrected chi connectivity index (χ0v) is 9.95. The number of carbonyl (C=O) groups is 1. The maximum atomic E-state index is 12.3. The highest BCUT2D eigenvalue weighted by Gasteiger charge is 2.74. The first kappa shape index (κ1) is 19.5. The Morgan fingerprint density at radius 2 is 1.33 bits per heavy atom. The number of esters is 1. The molecular formula is C9H7F9O3. The zero-order valence-electron chi connectivity index (χ0n) is 9.95. The molecule has 0 aromatic heterocycles. The van der Waals surface area contributed by atoms with E-state index in [2.05, 4.69) is 11.3 Å². The molecule has 0 aliphatic rings. The van der Waals surface area contributed by atoms with Gasteiger partial charge in [0.25, 0.3) is 5.60 Å². The van der Waals surface area contributed by atoms with Crippen LogP contribution in [0.2, 0.25) is 0 Å². The fourth-order valence-electron chi connectivity index (χ4n) is 1.05. The number of aliphatic hydroxyl groups is 1. The number of halogens is 9. The summed E-state index contributed by atoms with van der Waals surface area (Å²) in [5.74, 6) is -2.57. The van der Waals surface area contributed by atoms with Crippen molar-refractivity contribution in [1.29, 1.82) is 0 Å². The van der Waals surface area contributed by atoms with Crippen molar-refractivity contribution in [3.8, 4) is 0 Å². The highest BCUT2D eigenvalue weighted by atomic mass is 19.4. The Kier molecular flexibility index (Phi) is 5.01. The molecule has 0 amide bonds. The van der Waals surface area contributed by atoms with E-state index in [4.69, 9.17) is 5.11 Å². The molecule has 0 rings (SSSR count). The monoisotopic (exact) mass is 334 g/mol. The summed E-state index contributed by atoms with van der Waals surface area (Å²) in [5, 5.41) is 8.75. The molecular weight excluding hydrogens is 327 g/mol. The first-order valence-corrected chi connectivity index (χ1v) is 4.79. The van der Waals surface area contributed by atoms with Crippen molar-refractivity contribution >= 4 is 5.97 Å². The number of hydrogen-bond acceptors (Lipinski definition) is 3. The van der Waals surface area contributed by atoms with Crippen LogP contribution in [0.3, 0.4) is 0 Å². The smallest absolute Gasteiger partial charge is 0.430 e. The third kappa shape index (κ3) is 3.80. The number of rotatable bonds is 3. The molecule has 0 aliphatic heterocycles. The van der Waals surface area contributed by atoms with E-state index in [0.29, 0.717) is 0 Å². The first-order valence-electron chi connectivity index (χ1n) is 4.79. The Morgan fingerprint density at radius 1 is 1.00 bits per heavy atom. The van der Waals surface area contributed by atoms with Gasteiger partial charge in [-0.2, -0.15) is 39.5 Å².